The first-order valence-electron chi connectivity index (χ1n) is 7.68. The molecule has 0 aliphatic heterocycles. The summed E-state index contributed by atoms with van der Waals surface area (Å²) in [6.07, 6.45) is 1.77. The van der Waals surface area contributed by atoms with E-state index in [-0.39, 0.29) is 11.9 Å². The number of hydrogen-bond donors (Lipinski definition) is 1. The third kappa shape index (κ3) is 4.16. The molecule has 2 heterocycles. The Morgan fingerprint density at radius 2 is 2.04 bits per heavy atom. The highest BCUT2D eigenvalue weighted by atomic mass is 16.5. The van der Waals surface area contributed by atoms with Gasteiger partial charge in [-0.2, -0.15) is 5.10 Å². The number of ether oxygens (including phenoxy) is 1. The number of aryl methyl sites for hydroxylation is 3. The molecule has 6 heteroatoms. The van der Waals surface area contributed by atoms with Crippen LogP contribution in [0.3, 0.4) is 0 Å². The Morgan fingerprint density at radius 1 is 1.30 bits per heavy atom. The fourth-order valence-electron chi connectivity index (χ4n) is 2.30. The van der Waals surface area contributed by atoms with E-state index in [9.17, 15) is 4.79 Å². The van der Waals surface area contributed by atoms with Crippen molar-refractivity contribution in [2.75, 3.05) is 13.7 Å². The Morgan fingerprint density at radius 3 is 2.70 bits per heavy atom. The summed E-state index contributed by atoms with van der Waals surface area (Å²) in [5.41, 5.74) is 4.26. The number of pyridine rings is 1. The number of hydrogen-bond acceptors (Lipinski definition) is 4. The average Bonchev–Trinajstić information content (AvgIpc) is 2.90. The van der Waals surface area contributed by atoms with Gasteiger partial charge in [0, 0.05) is 19.0 Å². The lowest BCUT2D eigenvalue weighted by atomic mass is 10.2. The molecule has 0 saturated carbocycles. The lowest BCUT2D eigenvalue weighted by molar-refractivity contribution is 0.0949. The molecule has 2 aromatic heterocycles. The second kappa shape index (κ2) is 7.37. The maximum Gasteiger partial charge on any atom is 0.255 e. The van der Waals surface area contributed by atoms with E-state index in [4.69, 9.17) is 4.74 Å². The first-order chi connectivity index (χ1) is 10.9. The van der Waals surface area contributed by atoms with Crippen LogP contribution in [-0.2, 0) is 11.3 Å². The minimum Gasteiger partial charge on any atom is -0.382 e. The number of carbonyl (C=O) groups is 1. The van der Waals surface area contributed by atoms with E-state index >= 15 is 0 Å². The molecule has 1 amide bonds. The average molecular weight is 316 g/mol. The molecule has 1 unspecified atom stereocenters. The van der Waals surface area contributed by atoms with Crippen LogP contribution >= 0.6 is 0 Å². The number of amides is 1. The van der Waals surface area contributed by atoms with Crippen molar-refractivity contribution in [3.05, 3.63) is 46.5 Å². The summed E-state index contributed by atoms with van der Waals surface area (Å²) in [6, 6.07) is 4.03. The predicted molar refractivity (Wildman–Crippen MR) is 88.4 cm³/mol. The predicted octanol–water partition coefficient (Wildman–Crippen LogP) is 2.34. The van der Waals surface area contributed by atoms with Crippen LogP contribution in [0.5, 0.6) is 0 Å². The van der Waals surface area contributed by atoms with Crippen LogP contribution in [0.15, 0.2) is 18.3 Å². The summed E-state index contributed by atoms with van der Waals surface area (Å²) in [5.74, 6) is -0.140. The van der Waals surface area contributed by atoms with Gasteiger partial charge in [0.05, 0.1) is 36.1 Å². The Bertz CT molecular complexity index is 694. The van der Waals surface area contributed by atoms with Crippen molar-refractivity contribution in [2.24, 2.45) is 0 Å². The monoisotopic (exact) mass is 316 g/mol. The molecular weight excluding hydrogens is 292 g/mol. The molecule has 0 radical (unpaired) electrons. The van der Waals surface area contributed by atoms with Crippen LogP contribution in [0.25, 0.3) is 0 Å². The van der Waals surface area contributed by atoms with Crippen molar-refractivity contribution in [2.45, 2.75) is 40.3 Å². The maximum atomic E-state index is 12.4. The molecule has 1 N–H and O–H groups in total. The summed E-state index contributed by atoms with van der Waals surface area (Å²) in [4.78, 5) is 16.8. The summed E-state index contributed by atoms with van der Waals surface area (Å²) in [7, 11) is 1.65. The van der Waals surface area contributed by atoms with E-state index in [0.29, 0.717) is 24.4 Å². The van der Waals surface area contributed by atoms with Gasteiger partial charge in [-0.25, -0.2) is 0 Å². The van der Waals surface area contributed by atoms with E-state index in [1.165, 1.54) is 0 Å². The van der Waals surface area contributed by atoms with Crippen LogP contribution < -0.4 is 5.32 Å². The fourth-order valence-corrected chi connectivity index (χ4v) is 2.30. The maximum absolute atomic E-state index is 12.4. The van der Waals surface area contributed by atoms with E-state index in [1.54, 1.807) is 18.0 Å². The minimum absolute atomic E-state index is 0.0849. The molecule has 2 aromatic rings. The number of nitrogens with zero attached hydrogens (tertiary/aromatic N) is 3. The molecule has 0 aromatic carbocycles. The molecule has 6 nitrogen and oxygen atoms in total. The molecular formula is C17H24N4O2. The molecule has 0 aliphatic rings. The lowest BCUT2D eigenvalue weighted by Gasteiger charge is -2.10. The molecule has 124 valence electrons. The van der Waals surface area contributed by atoms with Gasteiger partial charge in [0.25, 0.3) is 5.91 Å². The van der Waals surface area contributed by atoms with Gasteiger partial charge in [-0.05, 0) is 39.3 Å². The highest BCUT2D eigenvalue weighted by Crippen LogP contribution is 2.12. The summed E-state index contributed by atoms with van der Waals surface area (Å²) >= 11 is 0. The SMILES string of the molecule is COCC(C)n1cc(C(=O)NCc2ccc(C)c(C)n2)c(C)n1. The molecule has 0 spiro atoms. The third-order valence-electron chi connectivity index (χ3n) is 3.86. The number of rotatable bonds is 6. The van der Waals surface area contributed by atoms with Gasteiger partial charge in [0.1, 0.15) is 0 Å². The molecule has 0 saturated heterocycles. The molecule has 1 atom stereocenters. The van der Waals surface area contributed by atoms with E-state index in [1.807, 2.05) is 39.8 Å². The zero-order valence-corrected chi connectivity index (χ0v) is 14.4. The van der Waals surface area contributed by atoms with Gasteiger partial charge >= 0.3 is 0 Å². The van der Waals surface area contributed by atoms with Crippen molar-refractivity contribution in [1.29, 1.82) is 0 Å². The lowest BCUT2D eigenvalue weighted by Crippen LogP contribution is -2.23. The molecule has 23 heavy (non-hydrogen) atoms. The molecule has 0 bridgehead atoms. The van der Waals surface area contributed by atoms with Gasteiger partial charge in [0.2, 0.25) is 0 Å². The van der Waals surface area contributed by atoms with Crippen molar-refractivity contribution in [3.8, 4) is 0 Å². The smallest absolute Gasteiger partial charge is 0.255 e. The van der Waals surface area contributed by atoms with Crippen molar-refractivity contribution in [3.63, 3.8) is 0 Å². The van der Waals surface area contributed by atoms with E-state index in [0.717, 1.165) is 17.0 Å². The third-order valence-corrected chi connectivity index (χ3v) is 3.86. The molecule has 2 rings (SSSR count). The zero-order valence-electron chi connectivity index (χ0n) is 14.4. The highest BCUT2D eigenvalue weighted by Gasteiger charge is 2.16. The van der Waals surface area contributed by atoms with E-state index < -0.39 is 0 Å². The second-order valence-corrected chi connectivity index (χ2v) is 5.80. The standard InChI is InChI=1S/C17H24N4O2/c1-11-6-7-15(19-13(11)3)8-18-17(22)16-9-21(20-14(16)4)12(2)10-23-5/h6-7,9,12H,8,10H2,1-5H3,(H,18,22). The van der Waals surface area contributed by atoms with Gasteiger partial charge in [0.15, 0.2) is 0 Å². The molecule has 0 aliphatic carbocycles. The second-order valence-electron chi connectivity index (χ2n) is 5.80. The van der Waals surface area contributed by atoms with Crippen LogP contribution in [0.2, 0.25) is 0 Å². The Labute approximate surface area is 136 Å². The first kappa shape index (κ1) is 17.1. The van der Waals surface area contributed by atoms with Crippen molar-refractivity contribution in [1.82, 2.24) is 20.1 Å². The quantitative estimate of drug-likeness (QED) is 0.888. The first-order valence-corrected chi connectivity index (χ1v) is 7.68. The van der Waals surface area contributed by atoms with Gasteiger partial charge in [-0.1, -0.05) is 6.07 Å². The zero-order chi connectivity index (χ0) is 17.0. The van der Waals surface area contributed by atoms with Crippen molar-refractivity contribution < 1.29 is 9.53 Å². The normalized spacial score (nSPS) is 12.2. The van der Waals surface area contributed by atoms with Crippen LogP contribution in [0.4, 0.5) is 0 Å². The van der Waals surface area contributed by atoms with Crippen molar-refractivity contribution >= 4 is 5.91 Å². The van der Waals surface area contributed by atoms with Gasteiger partial charge < -0.3 is 10.1 Å². The number of methoxy groups -OCH3 is 1. The largest absolute Gasteiger partial charge is 0.382 e. The Hall–Kier alpha value is -2.21. The van der Waals surface area contributed by atoms with Gasteiger partial charge in [-0.3, -0.25) is 14.5 Å². The van der Waals surface area contributed by atoms with Crippen LogP contribution in [0, 0.1) is 20.8 Å². The van der Waals surface area contributed by atoms with Crippen LogP contribution in [0.1, 0.15) is 46.0 Å². The molecule has 0 fully saturated rings. The van der Waals surface area contributed by atoms with Gasteiger partial charge in [-0.15, -0.1) is 0 Å². The van der Waals surface area contributed by atoms with E-state index in [2.05, 4.69) is 15.4 Å². The topological polar surface area (TPSA) is 69.0 Å². The summed E-state index contributed by atoms with van der Waals surface area (Å²) in [6.45, 7) is 8.76. The fraction of sp³-hybridized carbons (Fsp3) is 0.471. The number of nitrogens with one attached hydrogen (secondary N) is 1. The minimum atomic E-state index is -0.140. The number of carbonyl (C=O) groups excluding carboxylic acids is 1. The highest BCUT2D eigenvalue weighted by molar-refractivity contribution is 5.94. The Kier molecular flexibility index (Phi) is 5.50. The number of aromatic nitrogens is 3. The van der Waals surface area contributed by atoms with Crippen LogP contribution in [-0.4, -0.2) is 34.4 Å². The summed E-state index contributed by atoms with van der Waals surface area (Å²) in [5, 5.41) is 7.29. The summed E-state index contributed by atoms with van der Waals surface area (Å²) < 4.78 is 6.89. The Balaban J connectivity index is 2.04.